The van der Waals surface area contributed by atoms with Crippen molar-refractivity contribution in [1.29, 1.82) is 5.41 Å². The fourth-order valence-corrected chi connectivity index (χ4v) is 8.26. The van der Waals surface area contributed by atoms with Gasteiger partial charge >= 0.3 is 0 Å². The first-order valence-electron chi connectivity index (χ1n) is 18.1. The fourth-order valence-electron chi connectivity index (χ4n) is 7.09. The van der Waals surface area contributed by atoms with Gasteiger partial charge in [-0.2, -0.15) is 4.98 Å². The van der Waals surface area contributed by atoms with Crippen molar-refractivity contribution >= 4 is 53.1 Å². The van der Waals surface area contributed by atoms with Gasteiger partial charge in [0, 0.05) is 92.5 Å². The third-order valence-corrected chi connectivity index (χ3v) is 11.8. The topological polar surface area (TPSA) is 131 Å². The lowest BCUT2D eigenvalue weighted by molar-refractivity contribution is 0.0982. The first-order valence-corrected chi connectivity index (χ1v) is 20.7. The Bertz CT molecular complexity index is 1770. The molecule has 274 valence electrons. The molecule has 3 heterocycles. The molecule has 2 saturated heterocycles. The molecule has 0 radical (unpaired) electrons. The number of benzene rings is 2. The van der Waals surface area contributed by atoms with Gasteiger partial charge < -0.3 is 45.2 Å². The van der Waals surface area contributed by atoms with E-state index in [4.69, 9.17) is 19.9 Å². The van der Waals surface area contributed by atoms with E-state index in [2.05, 4.69) is 60.9 Å². The molecule has 1 saturated carbocycles. The van der Waals surface area contributed by atoms with Crippen molar-refractivity contribution in [3.63, 3.8) is 0 Å². The van der Waals surface area contributed by atoms with Gasteiger partial charge in [-0.3, -0.25) is 4.90 Å². The molecule has 2 aromatic carbocycles. The van der Waals surface area contributed by atoms with Crippen LogP contribution >= 0.6 is 7.14 Å². The molecule has 3 aliphatic rings. The number of piperazine rings is 1. The van der Waals surface area contributed by atoms with Gasteiger partial charge in [0.15, 0.2) is 11.6 Å². The predicted octanol–water partition coefficient (Wildman–Crippen LogP) is 5.92. The van der Waals surface area contributed by atoms with Crippen LogP contribution in [-0.2, 0) is 4.57 Å². The minimum Gasteiger partial charge on any atom is -0.494 e. The van der Waals surface area contributed by atoms with Crippen LogP contribution in [0.25, 0.3) is 5.57 Å². The van der Waals surface area contributed by atoms with E-state index in [1.807, 2.05) is 25.3 Å². The number of rotatable bonds is 14. The van der Waals surface area contributed by atoms with Crippen molar-refractivity contribution in [2.75, 3.05) is 95.9 Å². The summed E-state index contributed by atoms with van der Waals surface area (Å²) in [5.41, 5.74) is 5.36. The third kappa shape index (κ3) is 8.68. The lowest BCUT2D eigenvalue weighted by Crippen LogP contribution is -2.52. The smallest absolute Gasteiger partial charge is 0.229 e. The van der Waals surface area contributed by atoms with Crippen LogP contribution in [0.3, 0.4) is 0 Å². The maximum absolute atomic E-state index is 13.4. The SMILES string of the molecule is CCN/C=C(\C=N)c1cc(Nc2ncc(OC)c(Nc3ccc(C4CC4)cc3P(C)(C)=O)n2)c(OC)cc1N1CCC(N2CCN(C)CC2)CC1. The summed E-state index contributed by atoms with van der Waals surface area (Å²) < 4.78 is 25.0. The maximum Gasteiger partial charge on any atom is 0.229 e. The zero-order valence-electron chi connectivity index (χ0n) is 31.0. The molecule has 0 atom stereocenters. The number of hydrogen-bond acceptors (Lipinski definition) is 12. The highest BCUT2D eigenvalue weighted by Gasteiger charge is 2.29. The van der Waals surface area contributed by atoms with Crippen LogP contribution in [0.15, 0.2) is 42.7 Å². The summed E-state index contributed by atoms with van der Waals surface area (Å²) in [6, 6.07) is 10.9. The first-order chi connectivity index (χ1) is 24.6. The number of hydrogen-bond donors (Lipinski definition) is 4. The average molecular weight is 716 g/mol. The molecule has 13 heteroatoms. The zero-order valence-corrected chi connectivity index (χ0v) is 31.9. The number of aromatic nitrogens is 2. The molecule has 0 spiro atoms. The van der Waals surface area contributed by atoms with E-state index in [0.29, 0.717) is 40.9 Å². The summed E-state index contributed by atoms with van der Waals surface area (Å²) in [6.45, 7) is 12.7. The molecule has 12 nitrogen and oxygen atoms in total. The quantitative estimate of drug-likeness (QED) is 0.117. The standard InChI is InChI=1S/C38H54N9O3P/c1-7-40-24-28(23-39)30-21-32(34(49-3)22-33(30)47-14-12-29(13-15-47)46-18-16-45(2)17-19-46)43-38-41-25-35(50-4)37(44-38)42-31-11-10-27(26-8-9-26)20-36(31)51(5,6)48/h10-11,20-26,29,39-40H,7-9,12-19H2,1-6H3,(H2,41,42,43,44)/b28-24+,39-23?. The van der Waals surface area contributed by atoms with Gasteiger partial charge in [-0.15, -0.1) is 0 Å². The number of allylic oxidation sites excluding steroid dienone is 1. The summed E-state index contributed by atoms with van der Waals surface area (Å²) in [5, 5.41) is 19.2. The third-order valence-electron chi connectivity index (χ3n) is 10.2. The Kier molecular flexibility index (Phi) is 11.5. The lowest BCUT2D eigenvalue weighted by atomic mass is 9.98. The molecule has 51 heavy (non-hydrogen) atoms. The van der Waals surface area contributed by atoms with Crippen LogP contribution in [0.5, 0.6) is 11.5 Å². The number of likely N-dealkylation sites (N-methyl/N-ethyl adjacent to an activating group) is 1. The van der Waals surface area contributed by atoms with Crippen molar-refractivity contribution in [2.45, 2.75) is 44.6 Å². The van der Waals surface area contributed by atoms with Crippen LogP contribution in [0.4, 0.5) is 28.8 Å². The van der Waals surface area contributed by atoms with Crippen molar-refractivity contribution < 1.29 is 14.0 Å². The minimum atomic E-state index is -2.60. The van der Waals surface area contributed by atoms with E-state index >= 15 is 0 Å². The molecule has 0 unspecified atom stereocenters. The number of anilines is 5. The van der Waals surface area contributed by atoms with Crippen molar-refractivity contribution in [1.82, 2.24) is 25.1 Å². The second kappa shape index (κ2) is 16.0. The normalized spacial score (nSPS) is 18.0. The molecule has 0 amide bonds. The van der Waals surface area contributed by atoms with Gasteiger partial charge in [-0.05, 0) is 82.7 Å². The summed E-state index contributed by atoms with van der Waals surface area (Å²) in [4.78, 5) is 16.9. The molecule has 3 fully saturated rings. The van der Waals surface area contributed by atoms with Crippen molar-refractivity contribution in [2.24, 2.45) is 0 Å². The summed E-state index contributed by atoms with van der Waals surface area (Å²) in [7, 11) is 2.84. The Labute approximate surface area is 302 Å². The second-order valence-corrected chi connectivity index (χ2v) is 17.4. The molecule has 4 N–H and O–H groups in total. The molecule has 0 bridgehead atoms. The highest BCUT2D eigenvalue weighted by Crippen LogP contribution is 2.45. The van der Waals surface area contributed by atoms with Crippen LogP contribution in [0, 0.1) is 5.41 Å². The van der Waals surface area contributed by atoms with Crippen LogP contribution in [-0.4, -0.2) is 112 Å². The van der Waals surface area contributed by atoms with Crippen molar-refractivity contribution in [3.05, 3.63) is 53.9 Å². The number of nitrogens with zero attached hydrogens (tertiary/aromatic N) is 5. The van der Waals surface area contributed by atoms with Gasteiger partial charge in [0.1, 0.15) is 12.9 Å². The van der Waals surface area contributed by atoms with Gasteiger partial charge in [0.25, 0.3) is 0 Å². The Morgan fingerprint density at radius 3 is 2.31 bits per heavy atom. The molecule has 1 aromatic heterocycles. The van der Waals surface area contributed by atoms with Crippen molar-refractivity contribution in [3.8, 4) is 11.5 Å². The van der Waals surface area contributed by atoms with Gasteiger partial charge in [-0.25, -0.2) is 4.98 Å². The van der Waals surface area contributed by atoms with E-state index < -0.39 is 7.14 Å². The number of ether oxygens (including phenoxy) is 2. The Hall–Kier alpha value is -4.12. The zero-order chi connectivity index (χ0) is 36.1. The monoisotopic (exact) mass is 715 g/mol. The van der Waals surface area contributed by atoms with Gasteiger partial charge in [0.05, 0.1) is 31.8 Å². The Morgan fingerprint density at radius 1 is 0.961 bits per heavy atom. The van der Waals surface area contributed by atoms with Crippen LogP contribution in [0.1, 0.15) is 49.7 Å². The van der Waals surface area contributed by atoms with Gasteiger partial charge in [0.2, 0.25) is 5.95 Å². The molecule has 2 aliphatic heterocycles. The van der Waals surface area contributed by atoms with Gasteiger partial charge in [-0.1, -0.05) is 6.07 Å². The maximum atomic E-state index is 13.4. The second-order valence-electron chi connectivity index (χ2n) is 14.2. The van der Waals surface area contributed by atoms with E-state index in [9.17, 15) is 4.57 Å². The van der Waals surface area contributed by atoms with E-state index in [-0.39, 0.29) is 0 Å². The number of methoxy groups -OCH3 is 2. The molecular weight excluding hydrogens is 661 g/mol. The molecular formula is C38H54N9O3P. The van der Waals surface area contributed by atoms with Crippen LogP contribution in [0.2, 0.25) is 0 Å². The van der Waals surface area contributed by atoms with E-state index in [1.165, 1.54) is 24.6 Å². The number of nitrogens with one attached hydrogen (secondary N) is 4. The molecule has 1 aliphatic carbocycles. The summed E-state index contributed by atoms with van der Waals surface area (Å²) >= 11 is 0. The Balaban J connectivity index is 1.30. The molecule has 6 rings (SSSR count). The highest BCUT2D eigenvalue weighted by atomic mass is 31.2. The largest absolute Gasteiger partial charge is 0.494 e. The predicted molar refractivity (Wildman–Crippen MR) is 210 cm³/mol. The van der Waals surface area contributed by atoms with E-state index in [0.717, 1.165) is 86.5 Å². The number of piperidine rings is 1. The lowest BCUT2D eigenvalue weighted by Gasteiger charge is -2.43. The molecule has 3 aromatic rings. The summed E-state index contributed by atoms with van der Waals surface area (Å²) in [5.74, 6) is 2.45. The minimum absolute atomic E-state index is 0.336. The highest BCUT2D eigenvalue weighted by molar-refractivity contribution is 7.70. The van der Waals surface area contributed by atoms with Crippen LogP contribution < -0.4 is 35.6 Å². The summed E-state index contributed by atoms with van der Waals surface area (Å²) in [6.07, 6.45) is 9.44. The fraction of sp³-hybridized carbons (Fsp3) is 0.500. The van der Waals surface area contributed by atoms with E-state index in [1.54, 1.807) is 33.7 Å². The first kappa shape index (κ1) is 36.7. The average Bonchev–Trinajstić information content (AvgIpc) is 3.98. The Morgan fingerprint density at radius 2 is 1.69 bits per heavy atom.